The summed E-state index contributed by atoms with van der Waals surface area (Å²) in [4.78, 5) is 1.19. The van der Waals surface area contributed by atoms with Crippen LogP contribution in [0, 0.1) is 0 Å². The van der Waals surface area contributed by atoms with Gasteiger partial charge in [-0.2, -0.15) is 0 Å². The molecule has 0 aliphatic heterocycles. The minimum atomic E-state index is -3.12. The Morgan fingerprint density at radius 3 is 2.53 bits per heavy atom. The van der Waals surface area contributed by atoms with Crippen molar-refractivity contribution in [1.29, 1.82) is 0 Å². The quantitative estimate of drug-likeness (QED) is 0.804. The summed E-state index contributed by atoms with van der Waals surface area (Å²) in [5.41, 5.74) is 0. The maximum atomic E-state index is 12.0. The van der Waals surface area contributed by atoms with Crippen LogP contribution in [0.25, 0.3) is 0 Å². The molecular weight excluding hydrogens is 346 g/mol. The van der Waals surface area contributed by atoms with Gasteiger partial charge in [0.25, 0.3) is 0 Å². The summed E-state index contributed by atoms with van der Waals surface area (Å²) in [5, 5.41) is 5.41. The largest absolute Gasteiger partial charge is 0.312 e. The first-order chi connectivity index (χ1) is 8.70. The van der Waals surface area contributed by atoms with Crippen LogP contribution in [0.2, 0.25) is 0 Å². The summed E-state index contributed by atoms with van der Waals surface area (Å²) < 4.78 is 24.3. The van der Waals surface area contributed by atoms with Gasteiger partial charge in [0, 0.05) is 21.6 Å². The number of hydrogen-bond acceptors (Lipinski definition) is 4. The van der Waals surface area contributed by atoms with Crippen LogP contribution in [0.3, 0.4) is 0 Å². The third-order valence-corrected chi connectivity index (χ3v) is 7.66. The Kier molecular flexibility index (Phi) is 6.04. The Morgan fingerprint density at radius 1 is 1.47 bits per heavy atom. The van der Waals surface area contributed by atoms with Gasteiger partial charge < -0.3 is 5.32 Å². The molecule has 0 saturated carbocycles. The number of nitrogens with one attached hydrogen (secondary N) is 1. The predicted octanol–water partition coefficient (Wildman–Crippen LogP) is 3.24. The third kappa shape index (κ3) is 4.28. The van der Waals surface area contributed by atoms with E-state index in [-0.39, 0.29) is 6.04 Å². The van der Waals surface area contributed by atoms with Crippen LogP contribution < -0.4 is 5.32 Å². The molecule has 6 heteroatoms. The van der Waals surface area contributed by atoms with Gasteiger partial charge >= 0.3 is 0 Å². The van der Waals surface area contributed by atoms with Gasteiger partial charge in [-0.15, -0.1) is 11.3 Å². The Morgan fingerprint density at radius 2 is 2.11 bits per heavy atom. The Balaban J connectivity index is 2.98. The van der Waals surface area contributed by atoms with Crippen molar-refractivity contribution in [3.05, 3.63) is 20.8 Å². The maximum Gasteiger partial charge on any atom is 0.154 e. The van der Waals surface area contributed by atoms with Crippen molar-refractivity contribution in [2.75, 3.05) is 12.8 Å². The number of rotatable bonds is 7. The molecule has 0 amide bonds. The van der Waals surface area contributed by atoms with Crippen molar-refractivity contribution in [1.82, 2.24) is 5.32 Å². The zero-order valence-electron chi connectivity index (χ0n) is 11.9. The molecular formula is C13H22BrNO2S2. The van der Waals surface area contributed by atoms with Gasteiger partial charge in [0.05, 0.1) is 4.75 Å². The van der Waals surface area contributed by atoms with E-state index >= 15 is 0 Å². The van der Waals surface area contributed by atoms with E-state index in [1.165, 1.54) is 11.1 Å². The molecule has 19 heavy (non-hydrogen) atoms. The van der Waals surface area contributed by atoms with Gasteiger partial charge in [-0.1, -0.05) is 6.92 Å². The second kappa shape index (κ2) is 6.70. The SMILES string of the molecule is CCCNC(Cc1sccc1Br)C(C)(C)S(C)(=O)=O. The molecule has 0 bridgehead atoms. The maximum absolute atomic E-state index is 12.0. The fraction of sp³-hybridized carbons (Fsp3) is 0.692. The van der Waals surface area contributed by atoms with Crippen molar-refractivity contribution in [2.45, 2.75) is 44.4 Å². The highest BCUT2D eigenvalue weighted by Gasteiger charge is 2.39. The molecule has 0 spiro atoms. The number of thiophene rings is 1. The highest BCUT2D eigenvalue weighted by Crippen LogP contribution is 2.29. The first-order valence-electron chi connectivity index (χ1n) is 6.35. The lowest BCUT2D eigenvalue weighted by molar-refractivity contribution is 0.407. The van der Waals surface area contributed by atoms with Crippen LogP contribution in [0.4, 0.5) is 0 Å². The van der Waals surface area contributed by atoms with Crippen LogP contribution in [-0.4, -0.2) is 32.0 Å². The number of sulfone groups is 1. The molecule has 0 aliphatic carbocycles. The average molecular weight is 368 g/mol. The van der Waals surface area contributed by atoms with Crippen LogP contribution in [0.1, 0.15) is 32.1 Å². The Hall–Kier alpha value is 0.0900. The summed E-state index contributed by atoms with van der Waals surface area (Å²) in [7, 11) is -3.12. The standard InChI is InChI=1S/C13H22BrNO2S2/c1-5-7-15-12(13(2,3)19(4,16)17)9-11-10(14)6-8-18-11/h6,8,12,15H,5,7,9H2,1-4H3. The second-order valence-corrected chi connectivity index (χ2v) is 9.73. The molecule has 0 radical (unpaired) electrons. The monoisotopic (exact) mass is 367 g/mol. The molecule has 0 saturated heterocycles. The molecule has 1 N–H and O–H groups in total. The van der Waals surface area contributed by atoms with E-state index in [1.807, 2.05) is 11.4 Å². The molecule has 0 aliphatic rings. The van der Waals surface area contributed by atoms with E-state index in [9.17, 15) is 8.42 Å². The summed E-state index contributed by atoms with van der Waals surface area (Å²) in [6.45, 7) is 6.51. The Bertz CT molecular complexity index is 508. The molecule has 0 fully saturated rings. The van der Waals surface area contributed by atoms with Crippen LogP contribution in [0.5, 0.6) is 0 Å². The lowest BCUT2D eigenvalue weighted by atomic mass is 9.99. The molecule has 3 nitrogen and oxygen atoms in total. The van der Waals surface area contributed by atoms with E-state index < -0.39 is 14.6 Å². The molecule has 1 atom stereocenters. The van der Waals surface area contributed by atoms with Crippen molar-refractivity contribution in [3.8, 4) is 0 Å². The van der Waals surface area contributed by atoms with E-state index in [0.29, 0.717) is 0 Å². The molecule has 0 aromatic carbocycles. The fourth-order valence-electron chi connectivity index (χ4n) is 1.80. The lowest BCUT2D eigenvalue weighted by Crippen LogP contribution is -2.52. The van der Waals surface area contributed by atoms with Crippen molar-refractivity contribution in [3.63, 3.8) is 0 Å². The number of halogens is 1. The van der Waals surface area contributed by atoms with Crippen molar-refractivity contribution < 1.29 is 8.42 Å². The molecule has 1 rings (SSSR count). The van der Waals surface area contributed by atoms with Gasteiger partial charge in [-0.05, 0) is 60.6 Å². The van der Waals surface area contributed by atoms with Crippen molar-refractivity contribution in [2.24, 2.45) is 0 Å². The summed E-state index contributed by atoms with van der Waals surface area (Å²) in [5.74, 6) is 0. The minimum absolute atomic E-state index is 0.0857. The number of hydrogen-bond donors (Lipinski definition) is 1. The van der Waals surface area contributed by atoms with Gasteiger partial charge in [0.2, 0.25) is 0 Å². The highest BCUT2D eigenvalue weighted by atomic mass is 79.9. The van der Waals surface area contributed by atoms with E-state index in [1.54, 1.807) is 25.2 Å². The van der Waals surface area contributed by atoms with E-state index in [4.69, 9.17) is 0 Å². The summed E-state index contributed by atoms with van der Waals surface area (Å²) >= 11 is 5.17. The topological polar surface area (TPSA) is 46.2 Å². The van der Waals surface area contributed by atoms with Crippen molar-refractivity contribution >= 4 is 37.1 Å². The van der Waals surface area contributed by atoms with Gasteiger partial charge in [-0.3, -0.25) is 0 Å². The van der Waals surface area contributed by atoms with Crippen LogP contribution in [0.15, 0.2) is 15.9 Å². The van der Waals surface area contributed by atoms with Crippen LogP contribution >= 0.6 is 27.3 Å². The second-order valence-electron chi connectivity index (χ2n) is 5.28. The predicted molar refractivity (Wildman–Crippen MR) is 86.7 cm³/mol. The lowest BCUT2D eigenvalue weighted by Gasteiger charge is -2.33. The molecule has 1 heterocycles. The molecule has 1 unspecified atom stereocenters. The van der Waals surface area contributed by atoms with Gasteiger partial charge in [0.15, 0.2) is 9.84 Å². The first kappa shape index (κ1) is 17.1. The summed E-state index contributed by atoms with van der Waals surface area (Å²) in [6, 6.07) is 1.92. The molecule has 1 aromatic rings. The zero-order valence-corrected chi connectivity index (χ0v) is 15.1. The molecule has 1 aromatic heterocycles. The molecule has 110 valence electrons. The highest BCUT2D eigenvalue weighted by molar-refractivity contribution is 9.10. The summed E-state index contributed by atoms with van der Waals surface area (Å²) in [6.07, 6.45) is 3.03. The van der Waals surface area contributed by atoms with Gasteiger partial charge in [0.1, 0.15) is 0 Å². The third-order valence-electron chi connectivity index (χ3n) is 3.52. The van der Waals surface area contributed by atoms with E-state index in [0.717, 1.165) is 23.9 Å². The normalized spacial score (nSPS) is 14.6. The Labute approximate surface area is 128 Å². The smallest absolute Gasteiger partial charge is 0.154 e. The zero-order chi connectivity index (χ0) is 14.7. The van der Waals surface area contributed by atoms with E-state index in [2.05, 4.69) is 28.2 Å². The minimum Gasteiger partial charge on any atom is -0.312 e. The average Bonchev–Trinajstić information content (AvgIpc) is 2.68. The van der Waals surface area contributed by atoms with Crippen LogP contribution in [-0.2, 0) is 16.3 Å². The first-order valence-corrected chi connectivity index (χ1v) is 9.91. The fourth-order valence-corrected chi connectivity index (χ4v) is 4.04. The van der Waals surface area contributed by atoms with Gasteiger partial charge in [-0.25, -0.2) is 8.42 Å².